The summed E-state index contributed by atoms with van der Waals surface area (Å²) < 4.78 is 5.27. The Morgan fingerprint density at radius 2 is 1.95 bits per heavy atom. The molecule has 2 aromatic heterocycles. The van der Waals surface area contributed by atoms with Crippen LogP contribution < -0.4 is 5.32 Å². The van der Waals surface area contributed by atoms with Gasteiger partial charge < -0.3 is 9.73 Å². The lowest BCUT2D eigenvalue weighted by atomic mass is 10.1. The van der Waals surface area contributed by atoms with Crippen LogP contribution in [-0.2, 0) is 6.54 Å². The van der Waals surface area contributed by atoms with E-state index >= 15 is 0 Å². The van der Waals surface area contributed by atoms with E-state index in [1.165, 1.54) is 5.56 Å². The molecule has 0 radical (unpaired) electrons. The van der Waals surface area contributed by atoms with Gasteiger partial charge in [-0.3, -0.25) is 0 Å². The second-order valence-corrected chi connectivity index (χ2v) is 4.56. The SMILES string of the molecule is Cc1ccc(-c2ccnc(NCc3ccco3)n2)cc1. The van der Waals surface area contributed by atoms with Gasteiger partial charge in [0.1, 0.15) is 5.76 Å². The largest absolute Gasteiger partial charge is 0.467 e. The Morgan fingerprint density at radius 3 is 2.70 bits per heavy atom. The second kappa shape index (κ2) is 5.57. The van der Waals surface area contributed by atoms with Crippen molar-refractivity contribution in [3.8, 4) is 11.3 Å². The molecule has 0 amide bonds. The fourth-order valence-corrected chi connectivity index (χ4v) is 1.91. The molecule has 3 rings (SSSR count). The highest BCUT2D eigenvalue weighted by Gasteiger charge is 2.03. The molecule has 4 heteroatoms. The standard InChI is InChI=1S/C16H15N3O/c1-12-4-6-13(7-5-12)15-8-9-17-16(19-15)18-11-14-3-2-10-20-14/h2-10H,11H2,1H3,(H,17,18,19). The first kappa shape index (κ1) is 12.4. The monoisotopic (exact) mass is 265 g/mol. The van der Waals surface area contributed by atoms with Crippen LogP contribution in [0.4, 0.5) is 5.95 Å². The van der Waals surface area contributed by atoms with Crippen molar-refractivity contribution < 1.29 is 4.42 Å². The number of rotatable bonds is 4. The normalized spacial score (nSPS) is 10.4. The van der Waals surface area contributed by atoms with Crippen LogP contribution in [0.5, 0.6) is 0 Å². The maximum Gasteiger partial charge on any atom is 0.223 e. The molecule has 0 saturated carbocycles. The van der Waals surface area contributed by atoms with E-state index in [-0.39, 0.29) is 0 Å². The van der Waals surface area contributed by atoms with Gasteiger partial charge in [0.25, 0.3) is 0 Å². The molecule has 1 aromatic carbocycles. The second-order valence-electron chi connectivity index (χ2n) is 4.56. The van der Waals surface area contributed by atoms with Gasteiger partial charge in [-0.15, -0.1) is 0 Å². The molecule has 3 aromatic rings. The van der Waals surface area contributed by atoms with Gasteiger partial charge in [0.15, 0.2) is 0 Å². The molecule has 0 fully saturated rings. The minimum absolute atomic E-state index is 0.574. The van der Waals surface area contributed by atoms with E-state index in [4.69, 9.17) is 4.42 Å². The summed E-state index contributed by atoms with van der Waals surface area (Å²) in [5.74, 6) is 1.45. The third kappa shape index (κ3) is 2.85. The average molecular weight is 265 g/mol. The molecule has 0 atom stereocenters. The van der Waals surface area contributed by atoms with Gasteiger partial charge >= 0.3 is 0 Å². The molecule has 0 bridgehead atoms. The Morgan fingerprint density at radius 1 is 1.10 bits per heavy atom. The Balaban J connectivity index is 1.77. The number of furan rings is 1. The summed E-state index contributed by atoms with van der Waals surface area (Å²) in [5.41, 5.74) is 3.22. The zero-order valence-electron chi connectivity index (χ0n) is 11.2. The fourth-order valence-electron chi connectivity index (χ4n) is 1.91. The topological polar surface area (TPSA) is 51.0 Å². The number of hydrogen-bond donors (Lipinski definition) is 1. The van der Waals surface area contributed by atoms with E-state index in [0.29, 0.717) is 12.5 Å². The van der Waals surface area contributed by atoms with E-state index < -0.39 is 0 Å². The maximum atomic E-state index is 5.27. The van der Waals surface area contributed by atoms with Gasteiger partial charge in [0, 0.05) is 11.8 Å². The molecule has 20 heavy (non-hydrogen) atoms. The van der Waals surface area contributed by atoms with Crippen LogP contribution in [0.3, 0.4) is 0 Å². The number of nitrogens with zero attached hydrogens (tertiary/aromatic N) is 2. The minimum Gasteiger partial charge on any atom is -0.467 e. The fraction of sp³-hybridized carbons (Fsp3) is 0.125. The summed E-state index contributed by atoms with van der Waals surface area (Å²) in [6.45, 7) is 2.64. The number of aromatic nitrogens is 2. The van der Waals surface area contributed by atoms with Crippen LogP contribution in [-0.4, -0.2) is 9.97 Å². The van der Waals surface area contributed by atoms with Crippen molar-refractivity contribution in [1.29, 1.82) is 0 Å². The molecule has 1 N–H and O–H groups in total. The van der Waals surface area contributed by atoms with Crippen LogP contribution in [0.15, 0.2) is 59.3 Å². The third-order valence-corrected chi connectivity index (χ3v) is 3.00. The van der Waals surface area contributed by atoms with Gasteiger partial charge in [0.2, 0.25) is 5.95 Å². The Bertz CT molecular complexity index is 675. The number of hydrogen-bond acceptors (Lipinski definition) is 4. The van der Waals surface area contributed by atoms with E-state index in [0.717, 1.165) is 17.0 Å². The Labute approximate surface area is 117 Å². The average Bonchev–Trinajstić information content (AvgIpc) is 3.00. The molecule has 0 saturated heterocycles. The first-order chi connectivity index (χ1) is 9.81. The maximum absolute atomic E-state index is 5.27. The summed E-state index contributed by atoms with van der Waals surface area (Å²) >= 11 is 0. The highest BCUT2D eigenvalue weighted by molar-refractivity contribution is 5.60. The molecular formula is C16H15N3O. The first-order valence-corrected chi connectivity index (χ1v) is 6.47. The van der Waals surface area contributed by atoms with Crippen molar-refractivity contribution in [1.82, 2.24) is 9.97 Å². The molecule has 4 nitrogen and oxygen atoms in total. The minimum atomic E-state index is 0.574. The summed E-state index contributed by atoms with van der Waals surface area (Å²) in [6, 6.07) is 14.0. The van der Waals surface area contributed by atoms with Gasteiger partial charge in [-0.1, -0.05) is 29.8 Å². The summed E-state index contributed by atoms with van der Waals surface area (Å²) in [4.78, 5) is 8.73. The number of anilines is 1. The van der Waals surface area contributed by atoms with E-state index in [1.807, 2.05) is 18.2 Å². The van der Waals surface area contributed by atoms with Crippen molar-refractivity contribution in [2.24, 2.45) is 0 Å². The molecule has 100 valence electrons. The van der Waals surface area contributed by atoms with Crippen LogP contribution in [0.1, 0.15) is 11.3 Å². The zero-order chi connectivity index (χ0) is 13.8. The predicted molar refractivity (Wildman–Crippen MR) is 78.2 cm³/mol. The predicted octanol–water partition coefficient (Wildman–Crippen LogP) is 3.66. The lowest BCUT2D eigenvalue weighted by molar-refractivity contribution is 0.517. The van der Waals surface area contributed by atoms with Gasteiger partial charge in [-0.2, -0.15) is 0 Å². The highest BCUT2D eigenvalue weighted by atomic mass is 16.3. The smallest absolute Gasteiger partial charge is 0.223 e. The van der Waals surface area contributed by atoms with E-state index in [1.54, 1.807) is 12.5 Å². The Kier molecular flexibility index (Phi) is 3.46. The van der Waals surface area contributed by atoms with Crippen molar-refractivity contribution in [3.63, 3.8) is 0 Å². The van der Waals surface area contributed by atoms with Gasteiger partial charge in [0.05, 0.1) is 18.5 Å². The van der Waals surface area contributed by atoms with Gasteiger partial charge in [-0.05, 0) is 25.1 Å². The van der Waals surface area contributed by atoms with Crippen molar-refractivity contribution in [3.05, 3.63) is 66.2 Å². The third-order valence-electron chi connectivity index (χ3n) is 3.00. The molecule has 0 aliphatic heterocycles. The number of aryl methyl sites for hydroxylation is 1. The van der Waals surface area contributed by atoms with Crippen LogP contribution in [0, 0.1) is 6.92 Å². The molecule has 2 heterocycles. The van der Waals surface area contributed by atoms with Crippen LogP contribution >= 0.6 is 0 Å². The molecule has 0 aliphatic carbocycles. The Hall–Kier alpha value is -2.62. The summed E-state index contributed by atoms with van der Waals surface area (Å²) in [6.07, 6.45) is 3.41. The molecular weight excluding hydrogens is 250 g/mol. The number of nitrogens with one attached hydrogen (secondary N) is 1. The van der Waals surface area contributed by atoms with Crippen molar-refractivity contribution in [2.75, 3.05) is 5.32 Å². The summed E-state index contributed by atoms with van der Waals surface area (Å²) in [7, 11) is 0. The summed E-state index contributed by atoms with van der Waals surface area (Å²) in [5, 5.41) is 3.15. The van der Waals surface area contributed by atoms with Crippen LogP contribution in [0.25, 0.3) is 11.3 Å². The van der Waals surface area contributed by atoms with E-state index in [9.17, 15) is 0 Å². The quantitative estimate of drug-likeness (QED) is 0.782. The lowest BCUT2D eigenvalue weighted by Crippen LogP contribution is -2.03. The first-order valence-electron chi connectivity index (χ1n) is 6.47. The molecule has 0 spiro atoms. The number of benzene rings is 1. The van der Waals surface area contributed by atoms with Gasteiger partial charge in [-0.25, -0.2) is 9.97 Å². The molecule has 0 unspecified atom stereocenters. The van der Waals surface area contributed by atoms with Crippen molar-refractivity contribution >= 4 is 5.95 Å². The van der Waals surface area contributed by atoms with Crippen LogP contribution in [0.2, 0.25) is 0 Å². The molecule has 0 aliphatic rings. The van der Waals surface area contributed by atoms with Crippen molar-refractivity contribution in [2.45, 2.75) is 13.5 Å². The lowest BCUT2D eigenvalue weighted by Gasteiger charge is -2.05. The van der Waals surface area contributed by atoms with E-state index in [2.05, 4.69) is 46.5 Å². The highest BCUT2D eigenvalue weighted by Crippen LogP contribution is 2.18. The zero-order valence-corrected chi connectivity index (χ0v) is 11.2.